The Morgan fingerprint density at radius 3 is 2.20 bits per heavy atom. The summed E-state index contributed by atoms with van der Waals surface area (Å²) >= 11 is 5.44. The second-order valence-electron chi connectivity index (χ2n) is 3.52. The van der Waals surface area contributed by atoms with Gasteiger partial charge in [-0.2, -0.15) is 0 Å². The van der Waals surface area contributed by atoms with E-state index in [4.69, 9.17) is 11.6 Å². The summed E-state index contributed by atoms with van der Waals surface area (Å²) in [6, 6.07) is 0. The monoisotopic (exact) mass is 158 g/mol. The molecule has 0 aromatic rings. The van der Waals surface area contributed by atoms with Crippen LogP contribution < -0.4 is 0 Å². The Morgan fingerprint density at radius 1 is 1.30 bits per heavy atom. The zero-order valence-corrected chi connectivity index (χ0v) is 6.60. The Kier molecular flexibility index (Phi) is 1.48. The highest BCUT2D eigenvalue weighted by molar-refractivity contribution is 6.64. The maximum atomic E-state index is 10.8. The number of hydrogen-bond acceptors (Lipinski definition) is 1. The number of fused-ring (bicyclic) bond motifs is 2. The molecule has 3 fully saturated rings. The number of carbonyl (C=O) groups excluding carboxylic acids is 1. The second kappa shape index (κ2) is 2.23. The summed E-state index contributed by atoms with van der Waals surface area (Å²) in [5, 5.41) is -0.0825. The van der Waals surface area contributed by atoms with Crippen molar-refractivity contribution in [2.45, 2.75) is 25.7 Å². The van der Waals surface area contributed by atoms with Gasteiger partial charge in [-0.25, -0.2) is 0 Å². The molecular formula is C8H11ClO. The van der Waals surface area contributed by atoms with Crippen molar-refractivity contribution in [2.24, 2.45) is 17.8 Å². The molecule has 0 saturated heterocycles. The van der Waals surface area contributed by atoms with Crippen molar-refractivity contribution in [3.63, 3.8) is 0 Å². The predicted octanol–water partition coefficient (Wildman–Crippen LogP) is 2.19. The summed E-state index contributed by atoms with van der Waals surface area (Å²) in [6.07, 6.45) is 5.05. The molecule has 3 saturated carbocycles. The minimum Gasteiger partial charge on any atom is -0.281 e. The molecule has 0 amide bonds. The molecule has 2 unspecified atom stereocenters. The zero-order valence-electron chi connectivity index (χ0n) is 5.85. The standard InChI is InChI=1S/C8H11ClO/c9-8(10)7-5-2-1-3-6(7)4-5/h5-7H,1-4H2. The average molecular weight is 159 g/mol. The maximum Gasteiger partial charge on any atom is 0.225 e. The van der Waals surface area contributed by atoms with Crippen molar-refractivity contribution in [1.82, 2.24) is 0 Å². The first-order valence-corrected chi connectivity index (χ1v) is 4.36. The van der Waals surface area contributed by atoms with Gasteiger partial charge in [0.15, 0.2) is 0 Å². The molecule has 56 valence electrons. The van der Waals surface area contributed by atoms with Gasteiger partial charge in [-0.05, 0) is 42.7 Å². The Balaban J connectivity index is 2.06. The van der Waals surface area contributed by atoms with Gasteiger partial charge in [0, 0.05) is 5.92 Å². The van der Waals surface area contributed by atoms with E-state index in [-0.39, 0.29) is 11.2 Å². The Bertz CT molecular complexity index is 153. The van der Waals surface area contributed by atoms with Crippen LogP contribution in [-0.2, 0) is 4.79 Å². The molecular weight excluding hydrogens is 148 g/mol. The molecule has 0 aromatic heterocycles. The van der Waals surface area contributed by atoms with E-state index in [1.807, 2.05) is 0 Å². The fourth-order valence-corrected chi connectivity index (χ4v) is 2.84. The number of carbonyl (C=O) groups is 1. The lowest BCUT2D eigenvalue weighted by Gasteiger charge is -2.47. The summed E-state index contributed by atoms with van der Waals surface area (Å²) in [5.74, 6) is 1.56. The van der Waals surface area contributed by atoms with Crippen LogP contribution in [0.2, 0.25) is 0 Å². The molecule has 3 aliphatic carbocycles. The third kappa shape index (κ3) is 0.800. The van der Waals surface area contributed by atoms with Crippen molar-refractivity contribution in [2.75, 3.05) is 0 Å². The van der Waals surface area contributed by atoms with E-state index in [9.17, 15) is 4.79 Å². The van der Waals surface area contributed by atoms with E-state index in [0.717, 1.165) is 0 Å². The summed E-state index contributed by atoms with van der Waals surface area (Å²) in [7, 11) is 0. The Hall–Kier alpha value is -0.0400. The van der Waals surface area contributed by atoms with Crippen LogP contribution in [0.25, 0.3) is 0 Å². The fraction of sp³-hybridized carbons (Fsp3) is 0.875. The molecule has 3 rings (SSSR count). The molecule has 0 radical (unpaired) electrons. The van der Waals surface area contributed by atoms with Crippen LogP contribution in [0.4, 0.5) is 0 Å². The van der Waals surface area contributed by atoms with Crippen molar-refractivity contribution < 1.29 is 4.79 Å². The molecule has 0 heterocycles. The smallest absolute Gasteiger partial charge is 0.225 e. The van der Waals surface area contributed by atoms with E-state index in [2.05, 4.69) is 0 Å². The third-order valence-electron chi connectivity index (χ3n) is 3.03. The van der Waals surface area contributed by atoms with Crippen molar-refractivity contribution in [1.29, 1.82) is 0 Å². The highest BCUT2D eigenvalue weighted by Gasteiger charge is 2.46. The van der Waals surface area contributed by atoms with Gasteiger partial charge in [0.1, 0.15) is 0 Å². The van der Waals surface area contributed by atoms with E-state index < -0.39 is 0 Å². The van der Waals surface area contributed by atoms with Gasteiger partial charge in [0.05, 0.1) is 0 Å². The topological polar surface area (TPSA) is 17.1 Å². The van der Waals surface area contributed by atoms with Crippen LogP contribution in [0, 0.1) is 17.8 Å². The van der Waals surface area contributed by atoms with Crippen LogP contribution in [-0.4, -0.2) is 5.24 Å². The van der Waals surface area contributed by atoms with Crippen molar-refractivity contribution >= 4 is 16.8 Å². The molecule has 0 aromatic carbocycles. The molecule has 2 bridgehead atoms. The number of rotatable bonds is 1. The van der Waals surface area contributed by atoms with Crippen LogP contribution in [0.5, 0.6) is 0 Å². The lowest BCUT2D eigenvalue weighted by Crippen LogP contribution is -2.43. The first-order chi connectivity index (χ1) is 4.79. The van der Waals surface area contributed by atoms with Gasteiger partial charge >= 0.3 is 0 Å². The molecule has 0 spiro atoms. The minimum absolute atomic E-state index is 0.0825. The third-order valence-corrected chi connectivity index (χ3v) is 3.29. The summed E-state index contributed by atoms with van der Waals surface area (Å²) in [4.78, 5) is 10.8. The summed E-state index contributed by atoms with van der Waals surface area (Å²) in [6.45, 7) is 0. The van der Waals surface area contributed by atoms with Crippen LogP contribution in [0.15, 0.2) is 0 Å². The SMILES string of the molecule is O=C(Cl)C1C2CCCC1C2. The lowest BCUT2D eigenvalue weighted by molar-refractivity contribution is -0.126. The maximum absolute atomic E-state index is 10.8. The van der Waals surface area contributed by atoms with Gasteiger partial charge < -0.3 is 0 Å². The van der Waals surface area contributed by atoms with Gasteiger partial charge in [-0.15, -0.1) is 0 Å². The molecule has 2 atom stereocenters. The van der Waals surface area contributed by atoms with Crippen LogP contribution in [0.3, 0.4) is 0 Å². The zero-order chi connectivity index (χ0) is 7.14. The molecule has 2 heteroatoms. The Labute approximate surface area is 65.7 Å². The first kappa shape index (κ1) is 6.66. The highest BCUT2D eigenvalue weighted by atomic mass is 35.5. The van der Waals surface area contributed by atoms with E-state index in [0.29, 0.717) is 11.8 Å². The van der Waals surface area contributed by atoms with Gasteiger partial charge in [-0.1, -0.05) is 6.42 Å². The van der Waals surface area contributed by atoms with Crippen molar-refractivity contribution in [3.8, 4) is 0 Å². The molecule has 0 N–H and O–H groups in total. The highest BCUT2D eigenvalue weighted by Crippen LogP contribution is 2.51. The molecule has 3 aliphatic rings. The average Bonchev–Trinajstić information content (AvgIpc) is 1.87. The van der Waals surface area contributed by atoms with Gasteiger partial charge in [0.2, 0.25) is 5.24 Å². The van der Waals surface area contributed by atoms with Gasteiger partial charge in [-0.3, -0.25) is 4.79 Å². The quantitative estimate of drug-likeness (QED) is 0.535. The Morgan fingerprint density at radius 2 is 1.90 bits per heavy atom. The summed E-state index contributed by atoms with van der Waals surface area (Å²) in [5.41, 5.74) is 0. The lowest BCUT2D eigenvalue weighted by atomic mass is 9.58. The van der Waals surface area contributed by atoms with E-state index >= 15 is 0 Å². The summed E-state index contributed by atoms with van der Waals surface area (Å²) < 4.78 is 0. The molecule has 0 aliphatic heterocycles. The fourth-order valence-electron chi connectivity index (χ4n) is 2.48. The minimum atomic E-state index is -0.0825. The van der Waals surface area contributed by atoms with E-state index in [1.54, 1.807) is 0 Å². The number of halogens is 1. The van der Waals surface area contributed by atoms with Crippen molar-refractivity contribution in [3.05, 3.63) is 0 Å². The molecule has 10 heavy (non-hydrogen) atoms. The second-order valence-corrected chi connectivity index (χ2v) is 3.89. The largest absolute Gasteiger partial charge is 0.281 e. The molecule has 1 nitrogen and oxygen atoms in total. The van der Waals surface area contributed by atoms with Crippen LogP contribution in [0.1, 0.15) is 25.7 Å². The van der Waals surface area contributed by atoms with E-state index in [1.165, 1.54) is 25.7 Å². The van der Waals surface area contributed by atoms with Gasteiger partial charge in [0.25, 0.3) is 0 Å². The number of hydrogen-bond donors (Lipinski definition) is 0. The first-order valence-electron chi connectivity index (χ1n) is 3.98. The van der Waals surface area contributed by atoms with Crippen LogP contribution >= 0.6 is 11.6 Å². The normalized spacial score (nSPS) is 44.3. The predicted molar refractivity (Wildman–Crippen MR) is 39.8 cm³/mol.